The number of carbonyl (C=O) groups is 1. The van der Waals surface area contributed by atoms with Crippen LogP contribution in [0.1, 0.15) is 43.6 Å². The SMILES string of the molecule is O=C(NC1CCCCC1O)C1CC1c1cccc(F)c1F. The molecule has 2 fully saturated rings. The number of nitrogens with one attached hydrogen (secondary N) is 1. The molecule has 2 aliphatic carbocycles. The largest absolute Gasteiger partial charge is 0.391 e. The first-order valence-corrected chi connectivity index (χ1v) is 7.50. The van der Waals surface area contributed by atoms with Gasteiger partial charge in [0, 0.05) is 5.92 Å². The summed E-state index contributed by atoms with van der Waals surface area (Å²) in [4.78, 5) is 12.2. The zero-order valence-electron chi connectivity index (χ0n) is 11.7. The van der Waals surface area contributed by atoms with Crippen LogP contribution in [0.2, 0.25) is 0 Å². The van der Waals surface area contributed by atoms with Crippen molar-refractivity contribution < 1.29 is 18.7 Å². The second-order valence-corrected chi connectivity index (χ2v) is 6.06. The molecule has 0 aliphatic heterocycles. The Labute approximate surface area is 122 Å². The number of rotatable bonds is 3. The third kappa shape index (κ3) is 2.93. The Morgan fingerprint density at radius 2 is 2.00 bits per heavy atom. The molecule has 5 heteroatoms. The maximum absolute atomic E-state index is 13.7. The Morgan fingerprint density at radius 1 is 1.24 bits per heavy atom. The van der Waals surface area contributed by atoms with Crippen LogP contribution in [-0.4, -0.2) is 23.2 Å². The van der Waals surface area contributed by atoms with E-state index in [0.29, 0.717) is 12.8 Å². The first kappa shape index (κ1) is 14.4. The van der Waals surface area contributed by atoms with Gasteiger partial charge in [-0.15, -0.1) is 0 Å². The summed E-state index contributed by atoms with van der Waals surface area (Å²) in [6.07, 6.45) is 3.50. The fourth-order valence-electron chi connectivity index (χ4n) is 3.20. The number of amides is 1. The molecule has 21 heavy (non-hydrogen) atoms. The van der Waals surface area contributed by atoms with Crippen molar-refractivity contribution in [3.05, 3.63) is 35.4 Å². The van der Waals surface area contributed by atoms with Crippen LogP contribution in [0.15, 0.2) is 18.2 Å². The molecule has 1 aromatic rings. The molecule has 0 radical (unpaired) electrons. The van der Waals surface area contributed by atoms with E-state index >= 15 is 0 Å². The number of hydrogen-bond acceptors (Lipinski definition) is 2. The van der Waals surface area contributed by atoms with Gasteiger partial charge in [-0.1, -0.05) is 25.0 Å². The minimum atomic E-state index is -0.874. The summed E-state index contributed by atoms with van der Waals surface area (Å²) in [6.45, 7) is 0. The van der Waals surface area contributed by atoms with Gasteiger partial charge in [0.2, 0.25) is 5.91 Å². The number of aliphatic hydroxyl groups is 1. The van der Waals surface area contributed by atoms with Crippen molar-refractivity contribution in [2.75, 3.05) is 0 Å². The molecule has 114 valence electrons. The summed E-state index contributed by atoms with van der Waals surface area (Å²) in [7, 11) is 0. The molecule has 3 rings (SSSR count). The zero-order valence-corrected chi connectivity index (χ0v) is 11.7. The molecule has 0 saturated heterocycles. The van der Waals surface area contributed by atoms with E-state index in [1.807, 2.05) is 0 Å². The fraction of sp³-hybridized carbons (Fsp3) is 0.562. The fourth-order valence-corrected chi connectivity index (χ4v) is 3.20. The lowest BCUT2D eigenvalue weighted by molar-refractivity contribution is -0.124. The quantitative estimate of drug-likeness (QED) is 0.900. The third-order valence-electron chi connectivity index (χ3n) is 4.57. The van der Waals surface area contributed by atoms with Gasteiger partial charge in [-0.25, -0.2) is 8.78 Å². The van der Waals surface area contributed by atoms with Gasteiger partial charge in [0.15, 0.2) is 11.6 Å². The molecular weight excluding hydrogens is 276 g/mol. The van der Waals surface area contributed by atoms with Gasteiger partial charge in [0.25, 0.3) is 0 Å². The van der Waals surface area contributed by atoms with Crippen LogP contribution in [0, 0.1) is 17.6 Å². The highest BCUT2D eigenvalue weighted by molar-refractivity contribution is 5.83. The average Bonchev–Trinajstić information content (AvgIpc) is 3.25. The van der Waals surface area contributed by atoms with Crippen LogP contribution in [0.4, 0.5) is 8.78 Å². The van der Waals surface area contributed by atoms with Crippen molar-refractivity contribution in [2.24, 2.45) is 5.92 Å². The van der Waals surface area contributed by atoms with Gasteiger partial charge in [-0.3, -0.25) is 4.79 Å². The molecule has 0 heterocycles. The van der Waals surface area contributed by atoms with Crippen molar-refractivity contribution in [1.82, 2.24) is 5.32 Å². The van der Waals surface area contributed by atoms with Crippen molar-refractivity contribution >= 4 is 5.91 Å². The van der Waals surface area contributed by atoms with Crippen molar-refractivity contribution in [1.29, 1.82) is 0 Å². The van der Waals surface area contributed by atoms with E-state index in [4.69, 9.17) is 0 Å². The highest BCUT2D eigenvalue weighted by atomic mass is 19.2. The van der Waals surface area contributed by atoms with Crippen LogP contribution in [0.5, 0.6) is 0 Å². The maximum atomic E-state index is 13.7. The van der Waals surface area contributed by atoms with E-state index in [1.165, 1.54) is 12.1 Å². The van der Waals surface area contributed by atoms with Gasteiger partial charge in [0.05, 0.1) is 12.1 Å². The van der Waals surface area contributed by atoms with Crippen LogP contribution in [0.3, 0.4) is 0 Å². The Balaban J connectivity index is 1.62. The lowest BCUT2D eigenvalue weighted by atomic mass is 9.92. The molecule has 4 atom stereocenters. The lowest BCUT2D eigenvalue weighted by Gasteiger charge is -2.28. The molecule has 0 bridgehead atoms. The molecule has 3 nitrogen and oxygen atoms in total. The Morgan fingerprint density at radius 3 is 2.76 bits per heavy atom. The molecular formula is C16H19F2NO2. The van der Waals surface area contributed by atoms with E-state index in [-0.39, 0.29) is 29.3 Å². The van der Waals surface area contributed by atoms with E-state index in [1.54, 1.807) is 0 Å². The lowest BCUT2D eigenvalue weighted by Crippen LogP contribution is -2.45. The monoisotopic (exact) mass is 295 g/mol. The Bertz CT molecular complexity index is 549. The smallest absolute Gasteiger partial charge is 0.224 e. The molecule has 1 aromatic carbocycles. The van der Waals surface area contributed by atoms with Crippen LogP contribution in [-0.2, 0) is 4.79 Å². The zero-order chi connectivity index (χ0) is 15.0. The molecule has 2 saturated carbocycles. The highest BCUT2D eigenvalue weighted by Gasteiger charge is 2.46. The third-order valence-corrected chi connectivity index (χ3v) is 4.57. The van der Waals surface area contributed by atoms with E-state index < -0.39 is 17.7 Å². The van der Waals surface area contributed by atoms with Gasteiger partial charge in [0.1, 0.15) is 0 Å². The standard InChI is InChI=1S/C16H19F2NO2/c17-12-5-3-4-9(15(12)18)10-8-11(10)16(21)19-13-6-1-2-7-14(13)20/h3-5,10-11,13-14,20H,1-2,6-8H2,(H,19,21). The van der Waals surface area contributed by atoms with E-state index in [0.717, 1.165) is 25.3 Å². The second-order valence-electron chi connectivity index (χ2n) is 6.06. The Kier molecular flexibility index (Phi) is 3.93. The van der Waals surface area contributed by atoms with Crippen LogP contribution >= 0.6 is 0 Å². The summed E-state index contributed by atoms with van der Waals surface area (Å²) in [6, 6.07) is 3.87. The molecule has 0 aromatic heterocycles. The van der Waals surface area contributed by atoms with E-state index in [9.17, 15) is 18.7 Å². The summed E-state index contributed by atoms with van der Waals surface area (Å²) in [5.41, 5.74) is 0.277. The summed E-state index contributed by atoms with van der Waals surface area (Å²) in [5.74, 6) is -2.44. The minimum absolute atomic E-state index is 0.158. The molecule has 1 amide bonds. The predicted molar refractivity (Wildman–Crippen MR) is 73.6 cm³/mol. The topological polar surface area (TPSA) is 49.3 Å². The molecule has 2 N–H and O–H groups in total. The van der Waals surface area contributed by atoms with Crippen LogP contribution < -0.4 is 5.32 Å². The Hall–Kier alpha value is -1.49. The number of benzene rings is 1. The van der Waals surface area contributed by atoms with Crippen LogP contribution in [0.25, 0.3) is 0 Å². The van der Waals surface area contributed by atoms with Crippen molar-refractivity contribution in [3.8, 4) is 0 Å². The first-order valence-electron chi connectivity index (χ1n) is 7.50. The highest BCUT2D eigenvalue weighted by Crippen LogP contribution is 2.48. The average molecular weight is 295 g/mol. The van der Waals surface area contributed by atoms with Crippen molar-refractivity contribution in [3.63, 3.8) is 0 Å². The normalized spacial score (nSPS) is 31.8. The number of aliphatic hydroxyl groups excluding tert-OH is 1. The number of halogens is 2. The van der Waals surface area contributed by atoms with Gasteiger partial charge in [-0.05, 0) is 36.8 Å². The van der Waals surface area contributed by atoms with Crippen molar-refractivity contribution in [2.45, 2.75) is 50.2 Å². The number of hydrogen-bond donors (Lipinski definition) is 2. The summed E-state index contributed by atoms with van der Waals surface area (Å²) < 4.78 is 26.9. The first-order chi connectivity index (χ1) is 10.1. The summed E-state index contributed by atoms with van der Waals surface area (Å²) in [5, 5.41) is 12.7. The minimum Gasteiger partial charge on any atom is -0.391 e. The predicted octanol–water partition coefficient (Wildman–Crippen LogP) is 2.49. The molecule has 0 spiro atoms. The molecule has 4 unspecified atom stereocenters. The van der Waals surface area contributed by atoms with Gasteiger partial charge >= 0.3 is 0 Å². The van der Waals surface area contributed by atoms with Gasteiger partial charge in [-0.2, -0.15) is 0 Å². The second kappa shape index (κ2) is 5.72. The van der Waals surface area contributed by atoms with Gasteiger partial charge < -0.3 is 10.4 Å². The van der Waals surface area contributed by atoms with E-state index in [2.05, 4.69) is 5.32 Å². The summed E-state index contributed by atoms with van der Waals surface area (Å²) >= 11 is 0. The number of carbonyl (C=O) groups excluding carboxylic acids is 1. The molecule has 2 aliphatic rings. The maximum Gasteiger partial charge on any atom is 0.224 e.